The number of hydrogen-bond donors (Lipinski definition) is 3. The molecule has 132 valence electrons. The second-order valence-corrected chi connectivity index (χ2v) is 6.18. The van der Waals surface area contributed by atoms with Gasteiger partial charge in [0.1, 0.15) is 5.82 Å². The van der Waals surface area contributed by atoms with Crippen molar-refractivity contribution in [3.05, 3.63) is 66.4 Å². The van der Waals surface area contributed by atoms with Crippen LogP contribution in [0.5, 0.6) is 0 Å². The predicted octanol–water partition coefficient (Wildman–Crippen LogP) is 2.90. The Morgan fingerprint density at radius 2 is 1.96 bits per heavy atom. The second-order valence-electron chi connectivity index (χ2n) is 6.18. The fourth-order valence-corrected chi connectivity index (χ4v) is 2.99. The minimum absolute atomic E-state index is 0.0964. The van der Waals surface area contributed by atoms with Gasteiger partial charge in [-0.15, -0.1) is 5.10 Å². The van der Waals surface area contributed by atoms with Crippen LogP contribution in [-0.2, 0) is 24.2 Å². The van der Waals surface area contributed by atoms with Crippen LogP contribution in [0.3, 0.4) is 0 Å². The third-order valence-electron chi connectivity index (χ3n) is 4.35. The zero-order valence-electron chi connectivity index (χ0n) is 14.3. The first-order chi connectivity index (χ1) is 12.8. The first-order valence-electron chi connectivity index (χ1n) is 8.65. The molecular weight excluding hydrogens is 328 g/mol. The average Bonchev–Trinajstić information content (AvgIpc) is 3.39. The molecule has 1 aromatic carbocycles. The molecule has 0 saturated carbocycles. The Kier molecular flexibility index (Phi) is 4.51. The standard InChI is InChI=1S/C19H20N6O/c26-18(9-12-25-10-3-4-11-25)22-19-21-17(23-24-19)8-7-14-13-20-16-6-2-1-5-15(14)16/h1-6,10-11,13,20H,7-9,12H2,(H2,21,22,23,24,26). The second kappa shape index (κ2) is 7.26. The topological polar surface area (TPSA) is 91.4 Å². The number of hydrogen-bond acceptors (Lipinski definition) is 3. The number of fused-ring (bicyclic) bond motifs is 1. The molecule has 0 fully saturated rings. The summed E-state index contributed by atoms with van der Waals surface area (Å²) in [4.78, 5) is 19.6. The summed E-state index contributed by atoms with van der Waals surface area (Å²) in [6.07, 6.45) is 7.86. The molecule has 4 rings (SSSR count). The number of aryl methyl sites for hydroxylation is 3. The molecule has 0 spiro atoms. The lowest BCUT2D eigenvalue weighted by atomic mass is 10.1. The lowest BCUT2D eigenvalue weighted by Crippen LogP contribution is -2.15. The molecule has 7 nitrogen and oxygen atoms in total. The number of anilines is 1. The number of carbonyl (C=O) groups is 1. The van der Waals surface area contributed by atoms with E-state index in [2.05, 4.69) is 37.6 Å². The molecule has 0 aliphatic rings. The molecule has 0 bridgehead atoms. The third-order valence-corrected chi connectivity index (χ3v) is 4.35. The van der Waals surface area contributed by atoms with Crippen molar-refractivity contribution in [2.45, 2.75) is 25.8 Å². The Bertz CT molecular complexity index is 998. The molecule has 3 heterocycles. The van der Waals surface area contributed by atoms with E-state index in [1.807, 2.05) is 47.4 Å². The maximum Gasteiger partial charge on any atom is 0.248 e. The lowest BCUT2D eigenvalue weighted by Gasteiger charge is -2.02. The van der Waals surface area contributed by atoms with Gasteiger partial charge in [-0.05, 0) is 30.2 Å². The first kappa shape index (κ1) is 16.1. The van der Waals surface area contributed by atoms with Crippen LogP contribution in [0.25, 0.3) is 10.9 Å². The lowest BCUT2D eigenvalue weighted by molar-refractivity contribution is -0.116. The number of nitrogens with zero attached hydrogens (tertiary/aromatic N) is 3. The van der Waals surface area contributed by atoms with E-state index in [1.165, 1.54) is 10.9 Å². The fraction of sp³-hybridized carbons (Fsp3) is 0.211. The van der Waals surface area contributed by atoms with Gasteiger partial charge in [-0.2, -0.15) is 4.98 Å². The van der Waals surface area contributed by atoms with Crippen molar-refractivity contribution in [2.75, 3.05) is 5.32 Å². The molecule has 0 aliphatic heterocycles. The summed E-state index contributed by atoms with van der Waals surface area (Å²) in [7, 11) is 0. The number of nitrogens with one attached hydrogen (secondary N) is 3. The normalized spacial score (nSPS) is 11.1. The number of aromatic amines is 2. The summed E-state index contributed by atoms with van der Waals surface area (Å²) in [6, 6.07) is 12.1. The third kappa shape index (κ3) is 3.66. The number of H-pyrrole nitrogens is 2. The van der Waals surface area contributed by atoms with Gasteiger partial charge in [0.15, 0.2) is 0 Å². The number of aromatic nitrogens is 5. The van der Waals surface area contributed by atoms with Crippen LogP contribution in [-0.4, -0.2) is 30.6 Å². The summed E-state index contributed by atoms with van der Waals surface area (Å²) >= 11 is 0. The van der Waals surface area contributed by atoms with Crippen molar-refractivity contribution in [2.24, 2.45) is 0 Å². The molecule has 26 heavy (non-hydrogen) atoms. The highest BCUT2D eigenvalue weighted by molar-refractivity contribution is 5.88. The Balaban J connectivity index is 1.31. The quantitative estimate of drug-likeness (QED) is 0.479. The molecular formula is C19H20N6O. The monoisotopic (exact) mass is 348 g/mol. The van der Waals surface area contributed by atoms with Crippen molar-refractivity contribution >= 4 is 22.8 Å². The van der Waals surface area contributed by atoms with E-state index < -0.39 is 0 Å². The average molecular weight is 348 g/mol. The van der Waals surface area contributed by atoms with Crippen LogP contribution < -0.4 is 5.32 Å². The van der Waals surface area contributed by atoms with Crippen molar-refractivity contribution in [3.8, 4) is 0 Å². The van der Waals surface area contributed by atoms with E-state index in [0.717, 1.165) is 24.2 Å². The summed E-state index contributed by atoms with van der Waals surface area (Å²) in [5.74, 6) is 0.994. The molecule has 4 aromatic rings. The summed E-state index contributed by atoms with van der Waals surface area (Å²) < 4.78 is 1.96. The van der Waals surface area contributed by atoms with Crippen molar-refractivity contribution in [1.29, 1.82) is 0 Å². The molecule has 1 amide bonds. The van der Waals surface area contributed by atoms with Gasteiger partial charge in [-0.25, -0.2) is 0 Å². The van der Waals surface area contributed by atoms with Gasteiger partial charge in [0.2, 0.25) is 11.9 Å². The molecule has 3 N–H and O–H groups in total. The predicted molar refractivity (Wildman–Crippen MR) is 99.8 cm³/mol. The van der Waals surface area contributed by atoms with E-state index in [4.69, 9.17) is 0 Å². The zero-order valence-corrected chi connectivity index (χ0v) is 14.3. The van der Waals surface area contributed by atoms with Gasteiger partial charge in [0.05, 0.1) is 0 Å². The Morgan fingerprint density at radius 1 is 1.12 bits per heavy atom. The number of rotatable bonds is 7. The van der Waals surface area contributed by atoms with Crippen molar-refractivity contribution in [1.82, 2.24) is 24.7 Å². The van der Waals surface area contributed by atoms with Gasteiger partial charge in [0, 0.05) is 48.9 Å². The van der Waals surface area contributed by atoms with Gasteiger partial charge >= 0.3 is 0 Å². The molecule has 0 aliphatic carbocycles. The number of carbonyl (C=O) groups excluding carboxylic acids is 1. The van der Waals surface area contributed by atoms with E-state index in [9.17, 15) is 4.79 Å². The highest BCUT2D eigenvalue weighted by Gasteiger charge is 2.09. The number of amides is 1. The van der Waals surface area contributed by atoms with Crippen LogP contribution in [0.4, 0.5) is 5.95 Å². The molecule has 7 heteroatoms. The Labute approximate surface area is 150 Å². The fourth-order valence-electron chi connectivity index (χ4n) is 2.99. The van der Waals surface area contributed by atoms with Crippen LogP contribution in [0.2, 0.25) is 0 Å². The molecule has 0 saturated heterocycles. The molecule has 0 radical (unpaired) electrons. The van der Waals surface area contributed by atoms with Crippen LogP contribution in [0.1, 0.15) is 17.8 Å². The highest BCUT2D eigenvalue weighted by atomic mass is 16.1. The van der Waals surface area contributed by atoms with Gasteiger partial charge in [-0.1, -0.05) is 18.2 Å². The minimum atomic E-state index is -0.0964. The zero-order chi connectivity index (χ0) is 17.8. The van der Waals surface area contributed by atoms with Crippen LogP contribution in [0.15, 0.2) is 55.0 Å². The smallest absolute Gasteiger partial charge is 0.248 e. The maximum atomic E-state index is 12.0. The summed E-state index contributed by atoms with van der Waals surface area (Å²) in [5, 5.41) is 10.9. The van der Waals surface area contributed by atoms with E-state index in [1.54, 1.807) is 0 Å². The van der Waals surface area contributed by atoms with Crippen molar-refractivity contribution in [3.63, 3.8) is 0 Å². The number of benzene rings is 1. The van der Waals surface area contributed by atoms with Gasteiger partial charge in [-0.3, -0.25) is 15.2 Å². The number of para-hydroxylation sites is 1. The maximum absolute atomic E-state index is 12.0. The Morgan fingerprint density at radius 3 is 2.85 bits per heavy atom. The Hall–Kier alpha value is -3.35. The SMILES string of the molecule is O=C(CCn1cccc1)Nc1n[nH]c(CCc2c[nH]c3ccccc23)n1. The van der Waals surface area contributed by atoms with E-state index in [-0.39, 0.29) is 5.91 Å². The summed E-state index contributed by atoms with van der Waals surface area (Å²) in [5.41, 5.74) is 2.38. The van der Waals surface area contributed by atoms with E-state index in [0.29, 0.717) is 18.9 Å². The van der Waals surface area contributed by atoms with Gasteiger partial charge < -0.3 is 9.55 Å². The largest absolute Gasteiger partial charge is 0.361 e. The molecule has 0 atom stereocenters. The highest BCUT2D eigenvalue weighted by Crippen LogP contribution is 2.19. The summed E-state index contributed by atoms with van der Waals surface area (Å²) in [6.45, 7) is 0.636. The van der Waals surface area contributed by atoms with Crippen LogP contribution in [0, 0.1) is 0 Å². The molecule has 0 unspecified atom stereocenters. The minimum Gasteiger partial charge on any atom is -0.361 e. The van der Waals surface area contributed by atoms with E-state index >= 15 is 0 Å². The first-order valence-corrected chi connectivity index (χ1v) is 8.65. The van der Waals surface area contributed by atoms with Gasteiger partial charge in [0.25, 0.3) is 0 Å². The van der Waals surface area contributed by atoms with Crippen LogP contribution >= 0.6 is 0 Å². The van der Waals surface area contributed by atoms with Crippen molar-refractivity contribution < 1.29 is 4.79 Å². The molecule has 3 aromatic heterocycles.